The number of rotatable bonds is 3. The van der Waals surface area contributed by atoms with Crippen LogP contribution in [0.2, 0.25) is 0 Å². The lowest BCUT2D eigenvalue weighted by Gasteiger charge is -2.31. The SMILES string of the molecule is NC(=O)C1CCN(c2cnc(C3CCCN3)cn2)CC1. The molecule has 0 saturated carbocycles. The van der Waals surface area contributed by atoms with Gasteiger partial charge in [0.15, 0.2) is 0 Å². The van der Waals surface area contributed by atoms with E-state index in [9.17, 15) is 4.79 Å². The third-order valence-electron chi connectivity index (χ3n) is 4.30. The maximum atomic E-state index is 11.2. The van der Waals surface area contributed by atoms with Crippen LogP contribution in [0.15, 0.2) is 12.4 Å². The van der Waals surface area contributed by atoms with Crippen LogP contribution < -0.4 is 16.0 Å². The van der Waals surface area contributed by atoms with Gasteiger partial charge in [-0.1, -0.05) is 0 Å². The molecule has 0 bridgehead atoms. The van der Waals surface area contributed by atoms with Gasteiger partial charge in [0, 0.05) is 19.0 Å². The lowest BCUT2D eigenvalue weighted by atomic mass is 9.96. The summed E-state index contributed by atoms with van der Waals surface area (Å²) in [5.74, 6) is 0.731. The summed E-state index contributed by atoms with van der Waals surface area (Å²) in [4.78, 5) is 22.4. The third kappa shape index (κ3) is 2.75. The molecule has 2 fully saturated rings. The molecule has 2 saturated heterocycles. The van der Waals surface area contributed by atoms with E-state index >= 15 is 0 Å². The zero-order valence-electron chi connectivity index (χ0n) is 11.6. The van der Waals surface area contributed by atoms with Crippen molar-refractivity contribution in [2.75, 3.05) is 24.5 Å². The molecule has 6 nitrogen and oxygen atoms in total. The van der Waals surface area contributed by atoms with Crippen molar-refractivity contribution in [3.8, 4) is 0 Å². The van der Waals surface area contributed by atoms with E-state index in [1.807, 2.05) is 12.4 Å². The third-order valence-corrected chi connectivity index (χ3v) is 4.30. The molecule has 2 aliphatic rings. The number of nitrogens with two attached hydrogens (primary N) is 1. The minimum atomic E-state index is -0.182. The summed E-state index contributed by atoms with van der Waals surface area (Å²) in [5.41, 5.74) is 6.37. The quantitative estimate of drug-likeness (QED) is 0.844. The summed E-state index contributed by atoms with van der Waals surface area (Å²) in [6.45, 7) is 2.71. The summed E-state index contributed by atoms with van der Waals surface area (Å²) in [5, 5.41) is 3.42. The van der Waals surface area contributed by atoms with Crippen LogP contribution >= 0.6 is 0 Å². The molecule has 3 heterocycles. The van der Waals surface area contributed by atoms with Crippen molar-refractivity contribution in [1.29, 1.82) is 0 Å². The van der Waals surface area contributed by atoms with Crippen molar-refractivity contribution >= 4 is 11.7 Å². The highest BCUT2D eigenvalue weighted by Gasteiger charge is 2.24. The molecule has 1 aromatic heterocycles. The highest BCUT2D eigenvalue weighted by atomic mass is 16.1. The molecule has 0 spiro atoms. The average Bonchev–Trinajstić information content (AvgIpc) is 3.02. The minimum absolute atomic E-state index is 0.0150. The molecule has 1 atom stereocenters. The second-order valence-corrected chi connectivity index (χ2v) is 5.61. The van der Waals surface area contributed by atoms with Crippen LogP contribution in [-0.2, 0) is 4.79 Å². The van der Waals surface area contributed by atoms with Gasteiger partial charge in [0.2, 0.25) is 5.91 Å². The molecule has 0 aliphatic carbocycles. The molecule has 2 aliphatic heterocycles. The Labute approximate surface area is 118 Å². The van der Waals surface area contributed by atoms with E-state index in [0.29, 0.717) is 6.04 Å². The second-order valence-electron chi connectivity index (χ2n) is 5.61. The fourth-order valence-electron chi connectivity index (χ4n) is 3.00. The standard InChI is InChI=1S/C14H21N5O/c15-14(20)10-3-6-19(7-4-10)13-9-17-12(8-18-13)11-2-1-5-16-11/h8-11,16H,1-7H2,(H2,15,20). The molecule has 0 radical (unpaired) electrons. The fraction of sp³-hybridized carbons (Fsp3) is 0.643. The fourth-order valence-corrected chi connectivity index (χ4v) is 3.00. The smallest absolute Gasteiger partial charge is 0.220 e. The van der Waals surface area contributed by atoms with Gasteiger partial charge in [-0.3, -0.25) is 9.78 Å². The number of carbonyl (C=O) groups is 1. The number of amides is 1. The number of piperidine rings is 1. The second kappa shape index (κ2) is 5.75. The molecule has 1 unspecified atom stereocenters. The monoisotopic (exact) mass is 275 g/mol. The van der Waals surface area contributed by atoms with Gasteiger partial charge in [-0.2, -0.15) is 0 Å². The number of hydrogen-bond acceptors (Lipinski definition) is 5. The molecular weight excluding hydrogens is 254 g/mol. The predicted molar refractivity (Wildman–Crippen MR) is 76.1 cm³/mol. The van der Waals surface area contributed by atoms with Crippen LogP contribution in [0.1, 0.15) is 37.4 Å². The van der Waals surface area contributed by atoms with Crippen LogP contribution in [0.3, 0.4) is 0 Å². The van der Waals surface area contributed by atoms with Crippen LogP contribution in [-0.4, -0.2) is 35.5 Å². The van der Waals surface area contributed by atoms with E-state index in [1.54, 1.807) is 0 Å². The van der Waals surface area contributed by atoms with Crippen LogP contribution in [0.4, 0.5) is 5.82 Å². The van der Waals surface area contributed by atoms with E-state index in [4.69, 9.17) is 5.73 Å². The highest BCUT2D eigenvalue weighted by molar-refractivity contribution is 5.76. The Morgan fingerprint density at radius 2 is 2.05 bits per heavy atom. The van der Waals surface area contributed by atoms with Gasteiger partial charge in [0.05, 0.1) is 24.1 Å². The first kappa shape index (κ1) is 13.3. The normalized spacial score (nSPS) is 24.0. The maximum absolute atomic E-state index is 11.2. The van der Waals surface area contributed by atoms with Crippen molar-refractivity contribution in [2.45, 2.75) is 31.7 Å². The van der Waals surface area contributed by atoms with E-state index in [0.717, 1.165) is 50.4 Å². The Morgan fingerprint density at radius 3 is 2.60 bits per heavy atom. The van der Waals surface area contributed by atoms with Gasteiger partial charge in [-0.15, -0.1) is 0 Å². The summed E-state index contributed by atoms with van der Waals surface area (Å²) in [7, 11) is 0. The minimum Gasteiger partial charge on any atom is -0.369 e. The lowest BCUT2D eigenvalue weighted by Crippen LogP contribution is -2.39. The number of primary amides is 1. The highest BCUT2D eigenvalue weighted by Crippen LogP contribution is 2.24. The Kier molecular flexibility index (Phi) is 3.82. The van der Waals surface area contributed by atoms with Gasteiger partial charge in [0.25, 0.3) is 0 Å². The van der Waals surface area contributed by atoms with Crippen LogP contribution in [0.25, 0.3) is 0 Å². The Balaban J connectivity index is 1.62. The van der Waals surface area contributed by atoms with Gasteiger partial charge in [0.1, 0.15) is 5.82 Å². The topological polar surface area (TPSA) is 84.1 Å². The molecule has 1 aromatic rings. The van der Waals surface area contributed by atoms with Crippen molar-refractivity contribution in [3.05, 3.63) is 18.1 Å². The number of nitrogens with zero attached hydrogens (tertiary/aromatic N) is 3. The molecule has 1 amide bonds. The van der Waals surface area contributed by atoms with Crippen LogP contribution in [0, 0.1) is 5.92 Å². The summed E-state index contributed by atoms with van der Waals surface area (Å²) >= 11 is 0. The molecular formula is C14H21N5O. The van der Waals surface area contributed by atoms with E-state index < -0.39 is 0 Å². The molecule has 108 valence electrons. The molecule has 3 rings (SSSR count). The van der Waals surface area contributed by atoms with Crippen LogP contribution in [0.5, 0.6) is 0 Å². The molecule has 0 aromatic carbocycles. The Hall–Kier alpha value is -1.69. The number of aromatic nitrogens is 2. The van der Waals surface area contributed by atoms with Crippen molar-refractivity contribution in [1.82, 2.24) is 15.3 Å². The lowest BCUT2D eigenvalue weighted by molar-refractivity contribution is -0.122. The van der Waals surface area contributed by atoms with Gasteiger partial charge < -0.3 is 16.0 Å². The van der Waals surface area contributed by atoms with Gasteiger partial charge in [-0.05, 0) is 32.2 Å². The molecule has 3 N–H and O–H groups in total. The summed E-state index contributed by atoms with van der Waals surface area (Å²) in [6, 6.07) is 0.358. The maximum Gasteiger partial charge on any atom is 0.220 e. The van der Waals surface area contributed by atoms with Crippen molar-refractivity contribution in [3.63, 3.8) is 0 Å². The number of nitrogens with one attached hydrogen (secondary N) is 1. The first-order valence-electron chi connectivity index (χ1n) is 7.33. The number of carbonyl (C=O) groups excluding carboxylic acids is 1. The van der Waals surface area contributed by atoms with E-state index in [2.05, 4.69) is 20.2 Å². The summed E-state index contributed by atoms with van der Waals surface area (Å²) < 4.78 is 0. The largest absolute Gasteiger partial charge is 0.369 e. The van der Waals surface area contributed by atoms with Crippen molar-refractivity contribution in [2.24, 2.45) is 11.7 Å². The predicted octanol–water partition coefficient (Wildman–Crippen LogP) is 0.603. The van der Waals surface area contributed by atoms with E-state index in [-0.39, 0.29) is 11.8 Å². The number of hydrogen-bond donors (Lipinski definition) is 2. The zero-order chi connectivity index (χ0) is 13.9. The molecule has 6 heteroatoms. The first-order chi connectivity index (χ1) is 9.74. The summed E-state index contributed by atoms with van der Waals surface area (Å²) in [6.07, 6.45) is 7.68. The number of anilines is 1. The average molecular weight is 275 g/mol. The first-order valence-corrected chi connectivity index (χ1v) is 7.33. The van der Waals surface area contributed by atoms with Gasteiger partial charge >= 0.3 is 0 Å². The van der Waals surface area contributed by atoms with Crippen molar-refractivity contribution < 1.29 is 4.79 Å². The zero-order valence-corrected chi connectivity index (χ0v) is 11.6. The Bertz CT molecular complexity index is 461. The molecule has 20 heavy (non-hydrogen) atoms. The van der Waals surface area contributed by atoms with E-state index in [1.165, 1.54) is 6.42 Å². The van der Waals surface area contributed by atoms with Gasteiger partial charge in [-0.25, -0.2) is 4.98 Å². The Morgan fingerprint density at radius 1 is 1.25 bits per heavy atom.